The van der Waals surface area contributed by atoms with E-state index >= 15 is 0 Å². The van der Waals surface area contributed by atoms with Crippen LogP contribution in [0, 0.1) is 0 Å². The second-order valence-electron chi connectivity index (χ2n) is 7.81. The maximum Gasteiger partial charge on any atom is 0.255 e. The number of hydrogen-bond acceptors (Lipinski definition) is 5. The number of nitrogens with one attached hydrogen (secondary N) is 2. The van der Waals surface area contributed by atoms with E-state index in [0.29, 0.717) is 5.69 Å². The largest absolute Gasteiger partial charge is 0.495 e. The molecule has 2 aromatic carbocycles. The highest BCUT2D eigenvalue weighted by molar-refractivity contribution is 7.89. The summed E-state index contributed by atoms with van der Waals surface area (Å²) < 4.78 is 33.1. The third kappa shape index (κ3) is 4.76. The maximum absolute atomic E-state index is 12.7. The number of rotatable bonds is 7. The van der Waals surface area contributed by atoms with Crippen molar-refractivity contribution in [2.24, 2.45) is 0 Å². The van der Waals surface area contributed by atoms with E-state index in [1.54, 1.807) is 6.07 Å². The van der Waals surface area contributed by atoms with E-state index in [9.17, 15) is 13.2 Å². The lowest BCUT2D eigenvalue weighted by Crippen LogP contribution is -2.29. The molecule has 0 atom stereocenters. The molecule has 1 saturated carbocycles. The van der Waals surface area contributed by atoms with E-state index in [2.05, 4.69) is 14.9 Å². The van der Waals surface area contributed by atoms with Gasteiger partial charge in [-0.25, -0.2) is 13.1 Å². The molecule has 7 nitrogen and oxygen atoms in total. The van der Waals surface area contributed by atoms with Crippen molar-refractivity contribution in [3.05, 3.63) is 48.0 Å². The molecule has 1 heterocycles. The van der Waals surface area contributed by atoms with Gasteiger partial charge in [-0.15, -0.1) is 0 Å². The fourth-order valence-electron chi connectivity index (χ4n) is 3.62. The number of ether oxygens (including phenoxy) is 1. The molecule has 0 aromatic heterocycles. The summed E-state index contributed by atoms with van der Waals surface area (Å²) in [5.41, 5.74) is 2.07. The molecule has 2 aliphatic rings. The average molecular weight is 430 g/mol. The number of amides is 1. The van der Waals surface area contributed by atoms with E-state index in [0.717, 1.165) is 31.6 Å². The first-order valence-electron chi connectivity index (χ1n) is 10.3. The molecule has 160 valence electrons. The molecule has 2 fully saturated rings. The van der Waals surface area contributed by atoms with Crippen molar-refractivity contribution in [1.82, 2.24) is 4.72 Å². The maximum atomic E-state index is 12.7. The van der Waals surface area contributed by atoms with Crippen LogP contribution in [-0.4, -0.2) is 40.6 Å². The van der Waals surface area contributed by atoms with Gasteiger partial charge in [-0.3, -0.25) is 4.79 Å². The number of methoxy groups -OCH3 is 1. The first-order chi connectivity index (χ1) is 14.5. The zero-order valence-electron chi connectivity index (χ0n) is 17.1. The molecule has 1 amide bonds. The Hall–Kier alpha value is -2.58. The van der Waals surface area contributed by atoms with Crippen molar-refractivity contribution in [3.8, 4) is 5.75 Å². The van der Waals surface area contributed by atoms with E-state index in [-0.39, 0.29) is 28.2 Å². The lowest BCUT2D eigenvalue weighted by Gasteiger charge is -2.28. The van der Waals surface area contributed by atoms with Crippen molar-refractivity contribution < 1.29 is 17.9 Å². The molecular weight excluding hydrogens is 402 g/mol. The number of sulfonamides is 1. The fourth-order valence-corrected chi connectivity index (χ4v) is 5.12. The summed E-state index contributed by atoms with van der Waals surface area (Å²) in [4.78, 5) is 15.1. The number of piperidine rings is 1. The molecule has 4 rings (SSSR count). The van der Waals surface area contributed by atoms with E-state index in [1.165, 1.54) is 38.5 Å². The number of benzene rings is 2. The van der Waals surface area contributed by atoms with Gasteiger partial charge in [0.2, 0.25) is 10.0 Å². The molecular formula is C22H27N3O4S. The molecule has 0 radical (unpaired) electrons. The summed E-state index contributed by atoms with van der Waals surface area (Å²) in [5, 5.41) is 2.84. The van der Waals surface area contributed by atoms with Gasteiger partial charge < -0.3 is 15.0 Å². The minimum Gasteiger partial charge on any atom is -0.495 e. The molecule has 0 unspecified atom stereocenters. The molecule has 1 aliphatic heterocycles. The highest BCUT2D eigenvalue weighted by Gasteiger charge is 2.30. The van der Waals surface area contributed by atoms with Gasteiger partial charge in [-0.2, -0.15) is 0 Å². The number of hydrogen-bond donors (Lipinski definition) is 2. The second kappa shape index (κ2) is 8.65. The second-order valence-corrected chi connectivity index (χ2v) is 9.49. The van der Waals surface area contributed by atoms with Crippen molar-refractivity contribution in [1.29, 1.82) is 0 Å². The smallest absolute Gasteiger partial charge is 0.255 e. The monoisotopic (exact) mass is 429 g/mol. The summed E-state index contributed by atoms with van der Waals surface area (Å²) >= 11 is 0. The van der Waals surface area contributed by atoms with Crippen LogP contribution in [-0.2, 0) is 10.0 Å². The molecule has 0 bridgehead atoms. The summed E-state index contributed by atoms with van der Waals surface area (Å²) in [6.07, 6.45) is 5.35. The molecule has 30 heavy (non-hydrogen) atoms. The van der Waals surface area contributed by atoms with Gasteiger partial charge in [0.1, 0.15) is 10.6 Å². The Labute approximate surface area is 177 Å². The lowest BCUT2D eigenvalue weighted by atomic mass is 10.1. The predicted molar refractivity (Wildman–Crippen MR) is 117 cm³/mol. The van der Waals surface area contributed by atoms with Crippen LogP contribution in [0.4, 0.5) is 11.4 Å². The van der Waals surface area contributed by atoms with Crippen LogP contribution >= 0.6 is 0 Å². The zero-order chi connectivity index (χ0) is 21.1. The predicted octanol–water partition coefficient (Wildman–Crippen LogP) is 3.38. The third-order valence-electron chi connectivity index (χ3n) is 5.46. The van der Waals surface area contributed by atoms with Crippen molar-refractivity contribution >= 4 is 27.3 Å². The van der Waals surface area contributed by atoms with Gasteiger partial charge in [0.25, 0.3) is 5.91 Å². The first kappa shape index (κ1) is 20.7. The number of nitrogens with zero attached hydrogens (tertiary/aromatic N) is 1. The average Bonchev–Trinajstić information content (AvgIpc) is 3.57. The minimum absolute atomic E-state index is 0.0232. The van der Waals surface area contributed by atoms with Crippen LogP contribution in [0.3, 0.4) is 0 Å². The van der Waals surface area contributed by atoms with Crippen LogP contribution in [0.5, 0.6) is 5.75 Å². The van der Waals surface area contributed by atoms with Gasteiger partial charge in [0.05, 0.1) is 7.11 Å². The van der Waals surface area contributed by atoms with Crippen molar-refractivity contribution in [3.63, 3.8) is 0 Å². The Morgan fingerprint density at radius 1 is 1.03 bits per heavy atom. The third-order valence-corrected chi connectivity index (χ3v) is 7.00. The van der Waals surface area contributed by atoms with Crippen molar-refractivity contribution in [2.75, 3.05) is 30.4 Å². The molecule has 2 N–H and O–H groups in total. The first-order valence-corrected chi connectivity index (χ1v) is 11.8. The quantitative estimate of drug-likeness (QED) is 0.705. The van der Waals surface area contributed by atoms with E-state index in [4.69, 9.17) is 4.74 Å². The number of carbonyl (C=O) groups excluding carboxylic acids is 1. The highest BCUT2D eigenvalue weighted by Crippen LogP contribution is 2.29. The summed E-state index contributed by atoms with van der Waals surface area (Å²) in [5.74, 6) is -0.156. The number of carbonyl (C=O) groups is 1. The van der Waals surface area contributed by atoms with Crippen LogP contribution < -0.4 is 19.7 Å². The standard InChI is InChI=1S/C22H27N3O4S/c1-29-20-12-5-16(15-21(20)30(27,28)24-18-6-7-18)22(26)23-17-8-10-19(11-9-17)25-13-3-2-4-14-25/h5,8-12,15,18,24H,2-4,6-7,13-14H2,1H3,(H,23,26). The van der Waals surface area contributed by atoms with Crippen LogP contribution in [0.25, 0.3) is 0 Å². The Morgan fingerprint density at radius 3 is 2.37 bits per heavy atom. The van der Waals surface area contributed by atoms with E-state index in [1.807, 2.05) is 24.3 Å². The van der Waals surface area contributed by atoms with Crippen molar-refractivity contribution in [2.45, 2.75) is 43.0 Å². The molecule has 2 aromatic rings. The summed E-state index contributed by atoms with van der Waals surface area (Å²) in [6, 6.07) is 12.2. The number of anilines is 2. The summed E-state index contributed by atoms with van der Waals surface area (Å²) in [7, 11) is -2.34. The molecule has 8 heteroatoms. The Bertz CT molecular complexity index is 1010. The van der Waals surface area contributed by atoms with E-state index < -0.39 is 10.0 Å². The molecule has 1 aliphatic carbocycles. The Morgan fingerprint density at radius 2 is 1.73 bits per heavy atom. The minimum atomic E-state index is -3.75. The fraction of sp³-hybridized carbons (Fsp3) is 0.409. The molecule has 1 saturated heterocycles. The van der Waals surface area contributed by atoms with Gasteiger partial charge in [-0.1, -0.05) is 0 Å². The highest BCUT2D eigenvalue weighted by atomic mass is 32.2. The zero-order valence-corrected chi connectivity index (χ0v) is 17.9. The SMILES string of the molecule is COc1ccc(C(=O)Nc2ccc(N3CCCCC3)cc2)cc1S(=O)(=O)NC1CC1. The van der Waals surface area contributed by atoms with Crippen LogP contribution in [0.1, 0.15) is 42.5 Å². The van der Waals surface area contributed by atoms with Gasteiger partial charge >= 0.3 is 0 Å². The van der Waals surface area contributed by atoms with Gasteiger partial charge in [0, 0.05) is 36.1 Å². The van der Waals surface area contributed by atoms with Crippen LogP contribution in [0.2, 0.25) is 0 Å². The van der Waals surface area contributed by atoms with Gasteiger partial charge in [0.15, 0.2) is 0 Å². The Balaban J connectivity index is 1.49. The molecule has 0 spiro atoms. The Kier molecular flexibility index (Phi) is 5.97. The van der Waals surface area contributed by atoms with Crippen LogP contribution in [0.15, 0.2) is 47.4 Å². The normalized spacial score (nSPS) is 16.9. The summed E-state index contributed by atoms with van der Waals surface area (Å²) in [6.45, 7) is 2.12. The lowest BCUT2D eigenvalue weighted by molar-refractivity contribution is 0.102. The van der Waals surface area contributed by atoms with Gasteiger partial charge in [-0.05, 0) is 74.6 Å². The topological polar surface area (TPSA) is 87.7 Å².